The van der Waals surface area contributed by atoms with Gasteiger partial charge >= 0.3 is 6.18 Å². The van der Waals surface area contributed by atoms with E-state index in [0.717, 1.165) is 22.4 Å². The van der Waals surface area contributed by atoms with E-state index in [1.165, 1.54) is 17.4 Å². The summed E-state index contributed by atoms with van der Waals surface area (Å²) in [6.45, 7) is 0. The van der Waals surface area contributed by atoms with Gasteiger partial charge in [0.2, 0.25) is 0 Å². The van der Waals surface area contributed by atoms with Crippen LogP contribution in [0.5, 0.6) is 5.75 Å². The molecule has 0 fully saturated rings. The molecule has 0 bridgehead atoms. The number of halogens is 4. The number of hydrogen-bond acceptors (Lipinski definition) is 4. The van der Waals surface area contributed by atoms with Crippen LogP contribution in [0.15, 0.2) is 66.2 Å². The van der Waals surface area contributed by atoms with Gasteiger partial charge in [0, 0.05) is 22.0 Å². The molecule has 0 saturated heterocycles. The first-order valence-corrected chi connectivity index (χ1v) is 9.83. The Labute approximate surface area is 173 Å². The van der Waals surface area contributed by atoms with Gasteiger partial charge in [-0.25, -0.2) is 0 Å². The van der Waals surface area contributed by atoms with Crippen LogP contribution in [-0.2, 0) is 6.18 Å². The quantitative estimate of drug-likeness (QED) is 0.368. The number of rotatable bonds is 4. The zero-order chi connectivity index (χ0) is 20.6. The van der Waals surface area contributed by atoms with Gasteiger partial charge in [0.15, 0.2) is 0 Å². The van der Waals surface area contributed by atoms with E-state index in [2.05, 4.69) is 10.3 Å². The molecular formula is C21H14ClF3N2OS. The second-order valence-corrected chi connectivity index (χ2v) is 7.75. The Kier molecular flexibility index (Phi) is 5.10. The van der Waals surface area contributed by atoms with Gasteiger partial charge in [-0.15, -0.1) is 11.3 Å². The van der Waals surface area contributed by atoms with E-state index >= 15 is 0 Å². The fourth-order valence-electron chi connectivity index (χ4n) is 3.10. The lowest BCUT2D eigenvalue weighted by Gasteiger charge is -2.22. The summed E-state index contributed by atoms with van der Waals surface area (Å²) in [5, 5.41) is 16.7. The summed E-state index contributed by atoms with van der Waals surface area (Å²) in [5.41, 5.74) is 0.231. The van der Waals surface area contributed by atoms with Crippen LogP contribution in [0, 0.1) is 0 Å². The number of pyridine rings is 1. The number of fused-ring (bicyclic) bond motifs is 1. The van der Waals surface area contributed by atoms with Crippen LogP contribution in [0.4, 0.5) is 18.9 Å². The van der Waals surface area contributed by atoms with Gasteiger partial charge in [-0.05, 0) is 35.7 Å². The van der Waals surface area contributed by atoms with Gasteiger partial charge in [0.05, 0.1) is 22.3 Å². The van der Waals surface area contributed by atoms with E-state index in [0.29, 0.717) is 11.1 Å². The second-order valence-electron chi connectivity index (χ2n) is 6.36. The summed E-state index contributed by atoms with van der Waals surface area (Å²) >= 11 is 7.59. The summed E-state index contributed by atoms with van der Waals surface area (Å²) in [6, 6.07) is 13.3. The zero-order valence-corrected chi connectivity index (χ0v) is 16.3. The largest absolute Gasteiger partial charge is 0.505 e. The summed E-state index contributed by atoms with van der Waals surface area (Å²) < 4.78 is 39.5. The van der Waals surface area contributed by atoms with Crippen LogP contribution in [0.1, 0.15) is 22.0 Å². The van der Waals surface area contributed by atoms with Crippen LogP contribution in [0.25, 0.3) is 10.9 Å². The fraction of sp³-hybridized carbons (Fsp3) is 0.0952. The lowest BCUT2D eigenvalue weighted by Crippen LogP contribution is -2.13. The molecule has 0 spiro atoms. The number of nitrogens with zero attached hydrogens (tertiary/aromatic N) is 1. The molecule has 4 aromatic rings. The first-order chi connectivity index (χ1) is 13.8. The third kappa shape index (κ3) is 3.88. The standard InChI is InChI=1S/C21H14ClF3N2OS/c22-15-8-6-13(21(23,24)25)11-16(15)27-19(17-4-2-10-29-17)14-7-5-12-3-1-9-26-18(12)20(14)28/h1-11,19,27-28H. The molecule has 8 heteroatoms. The highest BCUT2D eigenvalue weighted by molar-refractivity contribution is 7.10. The van der Waals surface area contributed by atoms with E-state index in [1.54, 1.807) is 18.3 Å². The first kappa shape index (κ1) is 19.5. The van der Waals surface area contributed by atoms with Crippen molar-refractivity contribution in [3.05, 3.63) is 87.2 Å². The zero-order valence-electron chi connectivity index (χ0n) is 14.7. The van der Waals surface area contributed by atoms with Gasteiger partial charge in [0.25, 0.3) is 0 Å². The van der Waals surface area contributed by atoms with Crippen molar-refractivity contribution in [2.45, 2.75) is 12.2 Å². The minimum Gasteiger partial charge on any atom is -0.505 e. The molecule has 2 aromatic carbocycles. The number of aromatic nitrogens is 1. The molecule has 29 heavy (non-hydrogen) atoms. The number of benzene rings is 2. The van der Waals surface area contributed by atoms with E-state index in [9.17, 15) is 18.3 Å². The Bertz CT molecular complexity index is 1160. The molecule has 0 radical (unpaired) electrons. The van der Waals surface area contributed by atoms with E-state index < -0.39 is 17.8 Å². The lowest BCUT2D eigenvalue weighted by atomic mass is 10.0. The van der Waals surface area contributed by atoms with Crippen LogP contribution in [0.3, 0.4) is 0 Å². The highest BCUT2D eigenvalue weighted by Gasteiger charge is 2.31. The maximum Gasteiger partial charge on any atom is 0.416 e. The van der Waals surface area contributed by atoms with Crippen molar-refractivity contribution < 1.29 is 18.3 Å². The highest BCUT2D eigenvalue weighted by atomic mass is 35.5. The smallest absolute Gasteiger partial charge is 0.416 e. The molecule has 0 amide bonds. The van der Waals surface area contributed by atoms with Crippen LogP contribution in [-0.4, -0.2) is 10.1 Å². The average Bonchev–Trinajstić information content (AvgIpc) is 3.22. The van der Waals surface area contributed by atoms with E-state index in [1.807, 2.05) is 29.6 Å². The molecule has 2 heterocycles. The normalized spacial score (nSPS) is 12.8. The number of aromatic hydroxyl groups is 1. The third-order valence-corrected chi connectivity index (χ3v) is 5.78. The predicted molar refractivity (Wildman–Crippen MR) is 110 cm³/mol. The monoisotopic (exact) mass is 434 g/mol. The van der Waals surface area contributed by atoms with Crippen molar-refractivity contribution in [2.75, 3.05) is 5.32 Å². The van der Waals surface area contributed by atoms with Gasteiger partial charge in [0.1, 0.15) is 11.3 Å². The Morgan fingerprint density at radius 1 is 1.07 bits per heavy atom. The van der Waals surface area contributed by atoms with Crippen molar-refractivity contribution in [3.63, 3.8) is 0 Å². The van der Waals surface area contributed by atoms with Gasteiger partial charge in [-0.3, -0.25) is 4.98 Å². The number of alkyl halides is 3. The molecule has 1 unspecified atom stereocenters. The van der Waals surface area contributed by atoms with Gasteiger partial charge in [-0.1, -0.05) is 35.9 Å². The molecule has 2 N–H and O–H groups in total. The molecule has 2 aromatic heterocycles. The molecule has 0 aliphatic heterocycles. The highest BCUT2D eigenvalue weighted by Crippen LogP contribution is 2.40. The van der Waals surface area contributed by atoms with E-state index in [-0.39, 0.29) is 16.5 Å². The minimum atomic E-state index is -4.49. The Morgan fingerprint density at radius 2 is 1.90 bits per heavy atom. The predicted octanol–water partition coefficient (Wildman–Crippen LogP) is 6.88. The molecule has 0 aliphatic rings. The fourth-order valence-corrected chi connectivity index (χ4v) is 4.07. The number of nitrogens with one attached hydrogen (secondary N) is 1. The molecule has 1 atom stereocenters. The van der Waals surface area contributed by atoms with Gasteiger partial charge in [-0.2, -0.15) is 13.2 Å². The number of phenolic OH excluding ortho intramolecular Hbond substituents is 1. The van der Waals surface area contributed by atoms with Crippen molar-refractivity contribution in [3.8, 4) is 5.75 Å². The molecule has 4 rings (SSSR count). The number of thiophene rings is 1. The third-order valence-electron chi connectivity index (χ3n) is 4.51. The minimum absolute atomic E-state index is 0.0305. The average molecular weight is 435 g/mol. The summed E-state index contributed by atoms with van der Waals surface area (Å²) in [4.78, 5) is 5.04. The lowest BCUT2D eigenvalue weighted by molar-refractivity contribution is -0.137. The number of anilines is 1. The molecule has 148 valence electrons. The second kappa shape index (κ2) is 7.57. The van der Waals surface area contributed by atoms with Crippen LogP contribution >= 0.6 is 22.9 Å². The Hall–Kier alpha value is -2.77. The summed E-state index contributed by atoms with van der Waals surface area (Å²) in [5.74, 6) is -0.0305. The molecule has 3 nitrogen and oxygen atoms in total. The topological polar surface area (TPSA) is 45.1 Å². The Morgan fingerprint density at radius 3 is 2.62 bits per heavy atom. The Balaban J connectivity index is 1.83. The van der Waals surface area contributed by atoms with Crippen molar-refractivity contribution in [2.24, 2.45) is 0 Å². The summed E-state index contributed by atoms with van der Waals surface area (Å²) in [6.07, 6.45) is -2.92. The van der Waals surface area contributed by atoms with Crippen LogP contribution in [0.2, 0.25) is 5.02 Å². The SMILES string of the molecule is Oc1c(C(Nc2cc(C(F)(F)F)ccc2Cl)c2cccs2)ccc2cccnc12. The van der Waals surface area contributed by atoms with Crippen molar-refractivity contribution >= 4 is 39.5 Å². The van der Waals surface area contributed by atoms with Crippen molar-refractivity contribution in [1.29, 1.82) is 0 Å². The van der Waals surface area contributed by atoms with Crippen LogP contribution < -0.4 is 5.32 Å². The molecular weight excluding hydrogens is 421 g/mol. The molecule has 0 saturated carbocycles. The first-order valence-electron chi connectivity index (χ1n) is 8.58. The number of hydrogen-bond donors (Lipinski definition) is 2. The van der Waals surface area contributed by atoms with Crippen molar-refractivity contribution in [1.82, 2.24) is 4.98 Å². The maximum absolute atomic E-state index is 13.2. The van der Waals surface area contributed by atoms with Gasteiger partial charge < -0.3 is 10.4 Å². The maximum atomic E-state index is 13.2. The summed E-state index contributed by atoms with van der Waals surface area (Å²) in [7, 11) is 0. The van der Waals surface area contributed by atoms with E-state index in [4.69, 9.17) is 11.6 Å². The molecule has 0 aliphatic carbocycles. The number of phenols is 1.